The summed E-state index contributed by atoms with van der Waals surface area (Å²) in [7, 11) is 1.76. The van der Waals surface area contributed by atoms with Crippen molar-refractivity contribution in [2.24, 2.45) is 5.92 Å². The maximum absolute atomic E-state index is 11.6. The lowest BCUT2D eigenvalue weighted by Gasteiger charge is -2.06. The Morgan fingerprint density at radius 2 is 2.12 bits per heavy atom. The molecule has 0 fully saturated rings. The third kappa shape index (κ3) is 3.84. The minimum Gasteiger partial charge on any atom is -0.372 e. The van der Waals surface area contributed by atoms with E-state index in [0.29, 0.717) is 24.0 Å². The molecule has 1 rings (SSSR count). The normalized spacial score (nSPS) is 10.2. The molecule has 0 saturated carbocycles. The first-order chi connectivity index (χ1) is 7.63. The Hall–Kier alpha value is -1.65. The Bertz CT molecular complexity index is 334. The van der Waals surface area contributed by atoms with Crippen LogP contribution in [0, 0.1) is 5.92 Å². The van der Waals surface area contributed by atoms with Crippen LogP contribution in [0.3, 0.4) is 0 Å². The molecule has 0 bridgehead atoms. The predicted molar refractivity (Wildman–Crippen MR) is 63.4 cm³/mol. The molecule has 88 valence electrons. The molecule has 1 heterocycles. The molecule has 16 heavy (non-hydrogen) atoms. The van der Waals surface area contributed by atoms with Crippen molar-refractivity contribution in [3.63, 3.8) is 0 Å². The van der Waals surface area contributed by atoms with Crippen LogP contribution in [0.15, 0.2) is 12.1 Å². The summed E-state index contributed by atoms with van der Waals surface area (Å²) in [5.74, 6) is 1.06. The van der Waals surface area contributed by atoms with Crippen molar-refractivity contribution in [1.82, 2.24) is 15.5 Å². The quantitative estimate of drug-likeness (QED) is 0.788. The van der Waals surface area contributed by atoms with Gasteiger partial charge in [0.25, 0.3) is 5.91 Å². The van der Waals surface area contributed by atoms with Crippen molar-refractivity contribution < 1.29 is 4.79 Å². The summed E-state index contributed by atoms with van der Waals surface area (Å²) in [6.07, 6.45) is 0.966. The van der Waals surface area contributed by atoms with E-state index in [4.69, 9.17) is 0 Å². The molecule has 0 radical (unpaired) electrons. The van der Waals surface area contributed by atoms with Gasteiger partial charge in [-0.15, -0.1) is 10.2 Å². The van der Waals surface area contributed by atoms with Gasteiger partial charge >= 0.3 is 0 Å². The van der Waals surface area contributed by atoms with Crippen LogP contribution in [0.5, 0.6) is 0 Å². The van der Waals surface area contributed by atoms with Crippen LogP contribution < -0.4 is 10.6 Å². The van der Waals surface area contributed by atoms with E-state index < -0.39 is 0 Å². The van der Waals surface area contributed by atoms with Crippen molar-refractivity contribution >= 4 is 11.7 Å². The summed E-state index contributed by atoms with van der Waals surface area (Å²) < 4.78 is 0. The number of nitrogens with zero attached hydrogens (tertiary/aromatic N) is 2. The largest absolute Gasteiger partial charge is 0.372 e. The van der Waals surface area contributed by atoms with Crippen LogP contribution >= 0.6 is 0 Å². The van der Waals surface area contributed by atoms with Gasteiger partial charge in [-0.3, -0.25) is 4.79 Å². The molecule has 2 N–H and O–H groups in total. The number of hydrogen-bond donors (Lipinski definition) is 2. The van der Waals surface area contributed by atoms with Gasteiger partial charge in [0.05, 0.1) is 0 Å². The first-order valence-corrected chi connectivity index (χ1v) is 5.43. The fraction of sp³-hybridized carbons (Fsp3) is 0.545. The fourth-order valence-electron chi connectivity index (χ4n) is 1.15. The second-order valence-electron chi connectivity index (χ2n) is 3.99. The maximum Gasteiger partial charge on any atom is 0.271 e. The number of amides is 1. The lowest BCUT2D eigenvalue weighted by atomic mass is 10.1. The Morgan fingerprint density at radius 3 is 2.62 bits per heavy atom. The molecule has 0 unspecified atom stereocenters. The lowest BCUT2D eigenvalue weighted by molar-refractivity contribution is 0.0946. The van der Waals surface area contributed by atoms with E-state index in [1.165, 1.54) is 0 Å². The Kier molecular flexibility index (Phi) is 4.69. The van der Waals surface area contributed by atoms with Gasteiger partial charge in [0.1, 0.15) is 5.82 Å². The first-order valence-electron chi connectivity index (χ1n) is 5.43. The Balaban J connectivity index is 2.46. The second kappa shape index (κ2) is 6.05. The number of carbonyl (C=O) groups excluding carboxylic acids is 1. The van der Waals surface area contributed by atoms with Crippen molar-refractivity contribution in [3.05, 3.63) is 17.8 Å². The topological polar surface area (TPSA) is 66.9 Å². The van der Waals surface area contributed by atoms with E-state index in [2.05, 4.69) is 34.7 Å². The van der Waals surface area contributed by atoms with Gasteiger partial charge < -0.3 is 10.6 Å². The van der Waals surface area contributed by atoms with Crippen LogP contribution in [0.25, 0.3) is 0 Å². The molecule has 0 aliphatic rings. The fourth-order valence-corrected chi connectivity index (χ4v) is 1.15. The lowest BCUT2D eigenvalue weighted by Crippen LogP contribution is -2.26. The smallest absolute Gasteiger partial charge is 0.271 e. The molecule has 5 heteroatoms. The van der Waals surface area contributed by atoms with Crippen LogP contribution in [0.4, 0.5) is 5.82 Å². The van der Waals surface area contributed by atoms with Gasteiger partial charge in [0.15, 0.2) is 5.69 Å². The molecule has 0 aliphatic heterocycles. The number of hydrogen-bond acceptors (Lipinski definition) is 4. The van der Waals surface area contributed by atoms with Crippen molar-refractivity contribution in [3.8, 4) is 0 Å². The second-order valence-corrected chi connectivity index (χ2v) is 3.99. The number of nitrogens with one attached hydrogen (secondary N) is 2. The zero-order valence-corrected chi connectivity index (χ0v) is 9.95. The average molecular weight is 222 g/mol. The molecular weight excluding hydrogens is 204 g/mol. The van der Waals surface area contributed by atoms with E-state index in [0.717, 1.165) is 6.42 Å². The minimum atomic E-state index is -0.171. The zero-order chi connectivity index (χ0) is 12.0. The molecule has 0 saturated heterocycles. The molecule has 0 aliphatic carbocycles. The van der Waals surface area contributed by atoms with E-state index in [-0.39, 0.29) is 5.91 Å². The Labute approximate surface area is 95.7 Å². The third-order valence-corrected chi connectivity index (χ3v) is 2.16. The highest BCUT2D eigenvalue weighted by Gasteiger charge is 2.07. The van der Waals surface area contributed by atoms with Gasteiger partial charge in [0, 0.05) is 13.6 Å². The van der Waals surface area contributed by atoms with Gasteiger partial charge in [-0.25, -0.2) is 0 Å². The van der Waals surface area contributed by atoms with E-state index in [9.17, 15) is 4.79 Å². The summed E-state index contributed by atoms with van der Waals surface area (Å²) >= 11 is 0. The molecule has 0 spiro atoms. The molecule has 0 atom stereocenters. The molecule has 5 nitrogen and oxygen atoms in total. The minimum absolute atomic E-state index is 0.171. The molecule has 0 aromatic carbocycles. The summed E-state index contributed by atoms with van der Waals surface area (Å²) in [6.45, 7) is 4.91. The van der Waals surface area contributed by atoms with Gasteiger partial charge in [-0.2, -0.15) is 0 Å². The predicted octanol–water partition coefficient (Wildman–Crippen LogP) is 1.29. The highest BCUT2D eigenvalue weighted by atomic mass is 16.1. The zero-order valence-electron chi connectivity index (χ0n) is 9.95. The van der Waals surface area contributed by atoms with Crippen LogP contribution in [0.2, 0.25) is 0 Å². The van der Waals surface area contributed by atoms with Gasteiger partial charge in [-0.1, -0.05) is 13.8 Å². The highest BCUT2D eigenvalue weighted by Crippen LogP contribution is 2.01. The number of aromatic nitrogens is 2. The third-order valence-electron chi connectivity index (χ3n) is 2.16. The molecular formula is C11H18N4O. The van der Waals surface area contributed by atoms with Crippen molar-refractivity contribution in [1.29, 1.82) is 0 Å². The van der Waals surface area contributed by atoms with Crippen molar-refractivity contribution in [2.45, 2.75) is 20.3 Å². The summed E-state index contributed by atoms with van der Waals surface area (Å²) in [6, 6.07) is 3.38. The molecule has 1 aromatic heterocycles. The van der Waals surface area contributed by atoms with E-state index in [1.807, 2.05) is 0 Å². The maximum atomic E-state index is 11.6. The summed E-state index contributed by atoms with van der Waals surface area (Å²) in [5.41, 5.74) is 0.350. The van der Waals surface area contributed by atoms with Crippen LogP contribution in [-0.4, -0.2) is 29.7 Å². The Morgan fingerprint density at radius 1 is 1.38 bits per heavy atom. The average Bonchev–Trinajstić information content (AvgIpc) is 2.28. The summed E-state index contributed by atoms with van der Waals surface area (Å²) in [4.78, 5) is 11.6. The molecule has 1 aromatic rings. The molecule has 1 amide bonds. The number of carbonyl (C=O) groups is 1. The van der Waals surface area contributed by atoms with E-state index >= 15 is 0 Å². The summed E-state index contributed by atoms with van der Waals surface area (Å²) in [5, 5.41) is 13.3. The van der Waals surface area contributed by atoms with Gasteiger partial charge in [-0.05, 0) is 24.5 Å². The van der Waals surface area contributed by atoms with Crippen LogP contribution in [-0.2, 0) is 0 Å². The first kappa shape index (κ1) is 12.4. The van der Waals surface area contributed by atoms with Gasteiger partial charge in [0.2, 0.25) is 0 Å². The van der Waals surface area contributed by atoms with E-state index in [1.54, 1.807) is 19.2 Å². The highest BCUT2D eigenvalue weighted by molar-refractivity contribution is 5.92. The monoisotopic (exact) mass is 222 g/mol. The standard InChI is InChI=1S/C11H18N4O/c1-8(2)6-7-13-11(16)9-4-5-10(12-3)15-14-9/h4-5,8H,6-7H2,1-3H3,(H,12,15)(H,13,16). The number of anilines is 1. The van der Waals surface area contributed by atoms with Crippen LogP contribution in [0.1, 0.15) is 30.8 Å². The SMILES string of the molecule is CNc1ccc(C(=O)NCCC(C)C)nn1. The van der Waals surface area contributed by atoms with Crippen molar-refractivity contribution in [2.75, 3.05) is 18.9 Å². The number of rotatable bonds is 5.